The Hall–Kier alpha value is -3.74. The average molecular weight is 328 g/mol. The van der Waals surface area contributed by atoms with E-state index in [-0.39, 0.29) is 5.75 Å². The monoisotopic (exact) mass is 328 g/mol. The Morgan fingerprint density at radius 2 is 1.88 bits per heavy atom. The predicted molar refractivity (Wildman–Crippen MR) is 95.0 cm³/mol. The van der Waals surface area contributed by atoms with Crippen LogP contribution in [0.4, 0.5) is 11.5 Å². The lowest BCUT2D eigenvalue weighted by molar-refractivity contribution is 0.475. The summed E-state index contributed by atoms with van der Waals surface area (Å²) in [5.74, 6) is 0.850. The summed E-state index contributed by atoms with van der Waals surface area (Å²) in [6.45, 7) is 0. The number of phenolic OH excluding ortho intramolecular Hbond substituents is 1. The van der Waals surface area contributed by atoms with Gasteiger partial charge >= 0.3 is 0 Å². The normalized spacial score (nSPS) is 11.4. The van der Waals surface area contributed by atoms with E-state index >= 15 is 0 Å². The summed E-state index contributed by atoms with van der Waals surface area (Å²) in [4.78, 5) is 13.1. The van der Waals surface area contributed by atoms with E-state index in [9.17, 15) is 5.11 Å². The minimum Gasteiger partial charge on any atom is -0.508 e. The van der Waals surface area contributed by atoms with Crippen molar-refractivity contribution in [2.24, 2.45) is 0 Å². The first-order valence-corrected chi connectivity index (χ1v) is 7.71. The van der Waals surface area contributed by atoms with Gasteiger partial charge in [0.05, 0.1) is 5.52 Å². The zero-order chi connectivity index (χ0) is 16.8. The lowest BCUT2D eigenvalue weighted by atomic mass is 10.1. The van der Waals surface area contributed by atoms with E-state index in [0.29, 0.717) is 5.82 Å². The van der Waals surface area contributed by atoms with Gasteiger partial charge in [0.2, 0.25) is 0 Å². The number of anilines is 2. The third kappa shape index (κ3) is 2.13. The van der Waals surface area contributed by atoms with Crippen molar-refractivity contribution in [2.45, 2.75) is 0 Å². The second-order valence-corrected chi connectivity index (χ2v) is 5.66. The Morgan fingerprint density at radius 3 is 2.80 bits per heavy atom. The molecule has 4 heterocycles. The highest BCUT2D eigenvalue weighted by Gasteiger charge is 2.14. The van der Waals surface area contributed by atoms with Gasteiger partial charge in [0.25, 0.3) is 0 Å². The highest BCUT2D eigenvalue weighted by atomic mass is 16.3. The summed E-state index contributed by atoms with van der Waals surface area (Å²) in [5.41, 5.74) is 3.20. The maximum absolute atomic E-state index is 9.69. The van der Waals surface area contributed by atoms with Gasteiger partial charge in [0.15, 0.2) is 0 Å². The topological polar surface area (TPSA) is 88.2 Å². The molecule has 0 bridgehead atoms. The van der Waals surface area contributed by atoms with Crippen molar-refractivity contribution in [1.29, 1.82) is 0 Å². The van der Waals surface area contributed by atoms with Gasteiger partial charge in [-0.05, 0) is 24.3 Å². The number of phenols is 1. The van der Waals surface area contributed by atoms with Gasteiger partial charge in [-0.3, -0.25) is 4.98 Å². The van der Waals surface area contributed by atoms with Crippen LogP contribution in [-0.4, -0.2) is 29.7 Å². The summed E-state index contributed by atoms with van der Waals surface area (Å²) in [6.07, 6.45) is 6.88. The predicted octanol–water partition coefficient (Wildman–Crippen LogP) is 3.27. The molecule has 0 aliphatic rings. The Balaban J connectivity index is 1.83. The molecule has 0 amide bonds. The zero-order valence-corrected chi connectivity index (χ0v) is 13.0. The standard InChI is InChI=1S/C18H12N6O/c25-12-3-1-2-11(8-12)21-18-14-9-19-6-4-13(14)16-17(22-18)15-5-7-20-10-24(15)23-16/h1-10,25H,(H,21,22). The van der Waals surface area contributed by atoms with Gasteiger partial charge < -0.3 is 10.4 Å². The molecule has 0 saturated heterocycles. The first kappa shape index (κ1) is 13.7. The first-order chi connectivity index (χ1) is 12.3. The number of benzene rings is 1. The van der Waals surface area contributed by atoms with Gasteiger partial charge in [-0.2, -0.15) is 5.10 Å². The molecule has 4 aromatic heterocycles. The van der Waals surface area contributed by atoms with Crippen molar-refractivity contribution in [2.75, 3.05) is 5.32 Å². The maximum atomic E-state index is 9.69. The molecule has 25 heavy (non-hydrogen) atoms. The Bertz CT molecular complexity index is 1250. The second kappa shape index (κ2) is 5.13. The molecule has 2 N–H and O–H groups in total. The third-order valence-corrected chi connectivity index (χ3v) is 4.08. The number of rotatable bonds is 2. The van der Waals surface area contributed by atoms with Crippen LogP contribution in [0, 0.1) is 0 Å². The minimum absolute atomic E-state index is 0.190. The smallest absolute Gasteiger partial charge is 0.140 e. The maximum Gasteiger partial charge on any atom is 0.140 e. The highest BCUT2D eigenvalue weighted by molar-refractivity contribution is 6.12. The summed E-state index contributed by atoms with van der Waals surface area (Å²) in [6, 6.07) is 10.7. The lowest BCUT2D eigenvalue weighted by Gasteiger charge is -2.09. The number of fused-ring (bicyclic) bond motifs is 5. The SMILES string of the molecule is Oc1cccc(Nc2nc3c(nn4cnccc34)c3ccncc23)c1. The van der Waals surface area contributed by atoms with Crippen LogP contribution in [0.2, 0.25) is 0 Å². The molecule has 7 heteroatoms. The van der Waals surface area contributed by atoms with Gasteiger partial charge in [0, 0.05) is 41.1 Å². The lowest BCUT2D eigenvalue weighted by Crippen LogP contribution is -1.96. The molecule has 0 fully saturated rings. The van der Waals surface area contributed by atoms with Crippen LogP contribution in [0.1, 0.15) is 0 Å². The molecular weight excluding hydrogens is 316 g/mol. The Morgan fingerprint density at radius 1 is 0.960 bits per heavy atom. The van der Waals surface area contributed by atoms with Gasteiger partial charge in [-0.1, -0.05) is 6.07 Å². The van der Waals surface area contributed by atoms with Gasteiger partial charge in [-0.25, -0.2) is 14.5 Å². The van der Waals surface area contributed by atoms with Gasteiger partial charge in [-0.15, -0.1) is 0 Å². The highest BCUT2D eigenvalue weighted by Crippen LogP contribution is 2.32. The molecule has 5 rings (SSSR count). The summed E-state index contributed by atoms with van der Waals surface area (Å²) < 4.78 is 1.72. The molecule has 0 radical (unpaired) electrons. The quantitative estimate of drug-likeness (QED) is 0.517. The van der Waals surface area contributed by atoms with Crippen LogP contribution in [-0.2, 0) is 0 Å². The second-order valence-electron chi connectivity index (χ2n) is 5.66. The number of nitrogens with zero attached hydrogens (tertiary/aromatic N) is 5. The number of aromatic nitrogens is 5. The fourth-order valence-corrected chi connectivity index (χ4v) is 2.97. The number of hydrogen-bond acceptors (Lipinski definition) is 6. The minimum atomic E-state index is 0.190. The van der Waals surface area contributed by atoms with Crippen molar-refractivity contribution < 1.29 is 5.11 Å². The van der Waals surface area contributed by atoms with Crippen molar-refractivity contribution in [3.8, 4) is 5.75 Å². The number of nitrogens with one attached hydrogen (secondary N) is 1. The van der Waals surface area contributed by atoms with Crippen molar-refractivity contribution in [3.05, 3.63) is 61.3 Å². The largest absolute Gasteiger partial charge is 0.508 e. The van der Waals surface area contributed by atoms with Crippen molar-refractivity contribution in [3.63, 3.8) is 0 Å². The van der Waals surface area contributed by atoms with E-state index in [1.165, 1.54) is 0 Å². The molecule has 120 valence electrons. The Kier molecular flexibility index (Phi) is 2.81. The van der Waals surface area contributed by atoms with E-state index in [1.807, 2.05) is 18.2 Å². The number of pyridine rings is 2. The molecule has 0 spiro atoms. The van der Waals surface area contributed by atoms with E-state index in [0.717, 1.165) is 33.0 Å². The molecule has 0 aliphatic heterocycles. The first-order valence-electron chi connectivity index (χ1n) is 7.71. The Labute approximate surface area is 141 Å². The zero-order valence-electron chi connectivity index (χ0n) is 13.0. The fraction of sp³-hybridized carbons (Fsp3) is 0. The third-order valence-electron chi connectivity index (χ3n) is 4.08. The van der Waals surface area contributed by atoms with E-state index in [2.05, 4.69) is 20.4 Å². The van der Waals surface area contributed by atoms with Crippen LogP contribution in [0.5, 0.6) is 5.75 Å². The van der Waals surface area contributed by atoms with Gasteiger partial charge in [0.1, 0.15) is 28.9 Å². The molecular formula is C18H12N6O. The van der Waals surface area contributed by atoms with Crippen LogP contribution in [0.15, 0.2) is 61.3 Å². The van der Waals surface area contributed by atoms with Crippen LogP contribution in [0.3, 0.4) is 0 Å². The van der Waals surface area contributed by atoms with Crippen LogP contribution in [0.25, 0.3) is 27.3 Å². The molecule has 7 nitrogen and oxygen atoms in total. The molecule has 0 unspecified atom stereocenters. The average Bonchev–Trinajstić information content (AvgIpc) is 3.01. The molecule has 0 atom stereocenters. The molecule has 1 aromatic carbocycles. The fourth-order valence-electron chi connectivity index (χ4n) is 2.97. The van der Waals surface area contributed by atoms with Crippen LogP contribution >= 0.6 is 0 Å². The molecule has 0 aliphatic carbocycles. The summed E-state index contributed by atoms with van der Waals surface area (Å²) in [5, 5.41) is 19.4. The summed E-state index contributed by atoms with van der Waals surface area (Å²) in [7, 11) is 0. The number of aromatic hydroxyl groups is 1. The van der Waals surface area contributed by atoms with Crippen LogP contribution < -0.4 is 5.32 Å². The molecule has 0 saturated carbocycles. The van der Waals surface area contributed by atoms with Crippen molar-refractivity contribution in [1.82, 2.24) is 24.6 Å². The molecule has 5 aromatic rings. The summed E-state index contributed by atoms with van der Waals surface area (Å²) >= 11 is 0. The number of hydrogen-bond donors (Lipinski definition) is 2. The van der Waals surface area contributed by atoms with E-state index in [4.69, 9.17) is 4.98 Å². The van der Waals surface area contributed by atoms with E-state index in [1.54, 1.807) is 47.6 Å². The van der Waals surface area contributed by atoms with E-state index < -0.39 is 0 Å². The van der Waals surface area contributed by atoms with Crippen molar-refractivity contribution >= 4 is 38.8 Å².